The van der Waals surface area contributed by atoms with Crippen molar-refractivity contribution in [1.82, 2.24) is 0 Å². The minimum atomic E-state index is 0. The molecule has 0 heterocycles. The summed E-state index contributed by atoms with van der Waals surface area (Å²) >= 11 is 0. The molecule has 0 saturated carbocycles. The van der Waals surface area contributed by atoms with Crippen LogP contribution >= 0.6 is 0 Å². The Hall–Kier alpha value is -1.65. The van der Waals surface area contributed by atoms with Crippen LogP contribution in [0.3, 0.4) is 0 Å². The van der Waals surface area contributed by atoms with Gasteiger partial charge in [0.05, 0.1) is 0 Å². The first-order valence-corrected chi connectivity index (χ1v) is 9.37. The Balaban J connectivity index is 0.000000288. The van der Waals surface area contributed by atoms with Crippen molar-refractivity contribution in [3.63, 3.8) is 0 Å². The van der Waals surface area contributed by atoms with Crippen molar-refractivity contribution < 1.29 is 21.1 Å². The molecule has 0 N–H and O–H groups in total. The smallest absolute Gasteiger partial charge is 0.279 e. The SMILES string of the molecule is C[C-]1/C=C\CC/C=C\[C-]1C.Cc1c[c-]c(-c2[c-]cc(C)c(C)c2)cc1C.[Pt+4]. The van der Waals surface area contributed by atoms with Gasteiger partial charge in [-0.15, -0.1) is 48.9 Å². The largest absolute Gasteiger partial charge is 4.00 e. The van der Waals surface area contributed by atoms with E-state index < -0.39 is 0 Å². The number of hydrogen-bond acceptors (Lipinski definition) is 0. The van der Waals surface area contributed by atoms with Crippen molar-refractivity contribution in [3.8, 4) is 11.1 Å². The van der Waals surface area contributed by atoms with Crippen LogP contribution in [0.15, 0.2) is 48.6 Å². The van der Waals surface area contributed by atoms with Gasteiger partial charge in [0.15, 0.2) is 0 Å². The third kappa shape index (κ3) is 7.11. The summed E-state index contributed by atoms with van der Waals surface area (Å²) < 4.78 is 0. The summed E-state index contributed by atoms with van der Waals surface area (Å²) in [4.78, 5) is 0. The van der Waals surface area contributed by atoms with Gasteiger partial charge in [0.1, 0.15) is 0 Å². The molecular weight excluding hydrogens is 507 g/mol. The second kappa shape index (κ2) is 11.3. The molecule has 0 radical (unpaired) electrons. The van der Waals surface area contributed by atoms with Gasteiger partial charge in [-0.25, -0.2) is 35.4 Å². The van der Waals surface area contributed by atoms with E-state index in [-0.39, 0.29) is 21.1 Å². The van der Waals surface area contributed by atoms with Crippen molar-refractivity contribution in [2.75, 3.05) is 0 Å². The molecule has 1 aliphatic carbocycles. The number of aryl methyl sites for hydroxylation is 4. The van der Waals surface area contributed by atoms with Crippen LogP contribution in [0.25, 0.3) is 11.1 Å². The second-order valence-electron chi connectivity index (χ2n) is 7.17. The van der Waals surface area contributed by atoms with Gasteiger partial charge < -0.3 is 0 Å². The Labute approximate surface area is 181 Å². The van der Waals surface area contributed by atoms with E-state index in [0.29, 0.717) is 0 Å². The van der Waals surface area contributed by atoms with Crippen molar-refractivity contribution in [1.29, 1.82) is 0 Å². The molecule has 0 aliphatic heterocycles. The van der Waals surface area contributed by atoms with E-state index in [2.05, 4.69) is 90.1 Å². The van der Waals surface area contributed by atoms with Gasteiger partial charge in [0, 0.05) is 0 Å². The number of rotatable bonds is 1. The van der Waals surface area contributed by atoms with E-state index >= 15 is 0 Å². The number of hydrogen-bond donors (Lipinski definition) is 0. The van der Waals surface area contributed by atoms with Crippen LogP contribution in [0.5, 0.6) is 0 Å². The Morgan fingerprint density at radius 3 is 1.37 bits per heavy atom. The summed E-state index contributed by atoms with van der Waals surface area (Å²) in [6.07, 6.45) is 11.3. The van der Waals surface area contributed by atoms with Gasteiger partial charge in [-0.2, -0.15) is 36.4 Å². The Morgan fingerprint density at radius 1 is 0.667 bits per heavy atom. The first kappa shape index (κ1) is 23.4. The summed E-state index contributed by atoms with van der Waals surface area (Å²) in [5.74, 6) is 2.77. The molecule has 1 aliphatic rings. The Bertz CT molecular complexity index is 715. The molecule has 0 amide bonds. The number of benzene rings is 2. The monoisotopic (exact) mass is 537 g/mol. The summed E-state index contributed by atoms with van der Waals surface area (Å²) in [6, 6.07) is 15.1. The zero-order valence-corrected chi connectivity index (χ0v) is 19.6. The molecule has 2 aromatic rings. The van der Waals surface area contributed by atoms with E-state index in [9.17, 15) is 0 Å². The van der Waals surface area contributed by atoms with Crippen LogP contribution in [0.1, 0.15) is 48.9 Å². The van der Waals surface area contributed by atoms with E-state index in [1.165, 1.54) is 46.9 Å². The first-order chi connectivity index (χ1) is 12.4. The second-order valence-corrected chi connectivity index (χ2v) is 7.17. The maximum absolute atomic E-state index is 3.31. The quantitative estimate of drug-likeness (QED) is 0.336. The van der Waals surface area contributed by atoms with Crippen molar-refractivity contribution in [2.24, 2.45) is 0 Å². The van der Waals surface area contributed by atoms with Gasteiger partial charge >= 0.3 is 21.1 Å². The van der Waals surface area contributed by atoms with E-state index in [4.69, 9.17) is 0 Å². The Morgan fingerprint density at radius 2 is 1.04 bits per heavy atom. The summed E-state index contributed by atoms with van der Waals surface area (Å²) in [6.45, 7) is 12.8. The molecule has 27 heavy (non-hydrogen) atoms. The fraction of sp³-hybridized carbons (Fsp3) is 0.308. The van der Waals surface area contributed by atoms with E-state index in [1.807, 2.05) is 12.1 Å². The maximum atomic E-state index is 3.31. The van der Waals surface area contributed by atoms with Crippen LogP contribution in [0.2, 0.25) is 0 Å². The fourth-order valence-corrected chi connectivity index (χ4v) is 2.63. The molecule has 0 atom stereocenters. The molecule has 0 saturated heterocycles. The molecule has 0 bridgehead atoms. The third-order valence-electron chi connectivity index (χ3n) is 5.00. The minimum absolute atomic E-state index is 0. The molecular formula is C26H30Pt. The molecule has 144 valence electrons. The average molecular weight is 538 g/mol. The average Bonchev–Trinajstić information content (AvgIpc) is 2.61. The van der Waals surface area contributed by atoms with Gasteiger partial charge in [0.25, 0.3) is 0 Å². The fourth-order valence-electron chi connectivity index (χ4n) is 2.63. The first-order valence-electron chi connectivity index (χ1n) is 9.37. The van der Waals surface area contributed by atoms with Crippen molar-refractivity contribution in [2.45, 2.75) is 54.4 Å². The summed E-state index contributed by atoms with van der Waals surface area (Å²) in [5, 5.41) is 0. The molecule has 1 heteroatoms. The standard InChI is InChI=1S/C16H16.C10H14.Pt/c1-11-5-7-15(9-13(11)3)16-8-6-12(2)14(4)10-16;1-9-7-5-3-4-6-8-10(9)2;/h5-6,9-10H,1-4H3;5-8H,3-4H2,1-2H3;/q2*-2;+4/b;7-5-,8-6-;. The van der Waals surface area contributed by atoms with E-state index in [0.717, 1.165) is 11.1 Å². The van der Waals surface area contributed by atoms with Crippen LogP contribution < -0.4 is 0 Å². The maximum Gasteiger partial charge on any atom is 4.00 e. The molecule has 0 nitrogen and oxygen atoms in total. The zero-order chi connectivity index (χ0) is 19.1. The third-order valence-corrected chi connectivity index (χ3v) is 5.00. The minimum Gasteiger partial charge on any atom is -0.279 e. The van der Waals surface area contributed by atoms with Crippen molar-refractivity contribution >= 4 is 0 Å². The molecule has 3 rings (SSSR count). The number of allylic oxidation sites excluding steroid dienone is 4. The van der Waals surface area contributed by atoms with Crippen LogP contribution in [-0.4, -0.2) is 0 Å². The van der Waals surface area contributed by atoms with Gasteiger partial charge in [-0.05, 0) is 0 Å². The molecule has 2 aromatic carbocycles. The van der Waals surface area contributed by atoms with Gasteiger partial charge in [-0.1, -0.05) is 27.7 Å². The van der Waals surface area contributed by atoms with Gasteiger partial charge in [-0.3, -0.25) is 11.8 Å². The molecule has 0 unspecified atom stereocenters. The van der Waals surface area contributed by atoms with Crippen LogP contribution in [-0.2, 0) is 21.1 Å². The van der Waals surface area contributed by atoms with Crippen molar-refractivity contribution in [3.05, 3.63) is 94.8 Å². The topological polar surface area (TPSA) is 0 Å². The zero-order valence-electron chi connectivity index (χ0n) is 17.3. The predicted molar refractivity (Wildman–Crippen MR) is 114 cm³/mol. The summed E-state index contributed by atoms with van der Waals surface area (Å²) in [7, 11) is 0. The summed E-state index contributed by atoms with van der Waals surface area (Å²) in [5.41, 5.74) is 7.44. The van der Waals surface area contributed by atoms with Crippen LogP contribution in [0.4, 0.5) is 0 Å². The molecule has 0 fully saturated rings. The predicted octanol–water partition coefficient (Wildman–Crippen LogP) is 7.27. The molecule has 0 aromatic heterocycles. The molecule has 0 spiro atoms. The van der Waals surface area contributed by atoms with E-state index in [1.54, 1.807) is 0 Å². The Kier molecular flexibility index (Phi) is 9.75. The van der Waals surface area contributed by atoms with Crippen LogP contribution in [0, 0.1) is 51.7 Å². The normalized spacial score (nSPS) is 15.6. The van der Waals surface area contributed by atoms with Gasteiger partial charge in [0.2, 0.25) is 0 Å².